The first-order valence-corrected chi connectivity index (χ1v) is 9.06. The molecule has 28 heavy (non-hydrogen) atoms. The first-order valence-electron chi connectivity index (χ1n) is 9.06. The normalized spacial score (nSPS) is 10.2. The molecule has 0 aliphatic rings. The quantitative estimate of drug-likeness (QED) is 0.613. The maximum absolute atomic E-state index is 12.2. The summed E-state index contributed by atoms with van der Waals surface area (Å²) in [6, 6.07) is 23.5. The fourth-order valence-corrected chi connectivity index (χ4v) is 2.57. The van der Waals surface area contributed by atoms with E-state index in [1.165, 1.54) is 5.56 Å². The van der Waals surface area contributed by atoms with Crippen LogP contribution >= 0.6 is 0 Å². The van der Waals surface area contributed by atoms with Gasteiger partial charge in [0, 0.05) is 16.8 Å². The molecule has 2 amide bonds. The number of hydrogen-bond donors (Lipinski definition) is 2. The number of anilines is 1. The van der Waals surface area contributed by atoms with Gasteiger partial charge in [-0.25, -0.2) is 0 Å². The van der Waals surface area contributed by atoms with Gasteiger partial charge in [0.15, 0.2) is 0 Å². The summed E-state index contributed by atoms with van der Waals surface area (Å²) in [7, 11) is 0. The van der Waals surface area contributed by atoms with E-state index in [-0.39, 0.29) is 11.8 Å². The highest BCUT2D eigenvalue weighted by molar-refractivity contribution is 6.04. The average Bonchev–Trinajstić information content (AvgIpc) is 2.73. The van der Waals surface area contributed by atoms with Crippen molar-refractivity contribution in [3.8, 4) is 5.75 Å². The highest BCUT2D eigenvalue weighted by atomic mass is 16.5. The van der Waals surface area contributed by atoms with E-state index < -0.39 is 0 Å². The number of carbonyl (C=O) groups excluding carboxylic acids is 2. The molecule has 3 aromatic rings. The number of rotatable bonds is 7. The molecule has 0 heterocycles. The Labute approximate surface area is 164 Å². The van der Waals surface area contributed by atoms with Crippen molar-refractivity contribution in [2.45, 2.75) is 6.92 Å². The van der Waals surface area contributed by atoms with Gasteiger partial charge in [-0.05, 0) is 55.5 Å². The van der Waals surface area contributed by atoms with Gasteiger partial charge in [0.1, 0.15) is 12.4 Å². The van der Waals surface area contributed by atoms with E-state index >= 15 is 0 Å². The Morgan fingerprint density at radius 2 is 1.43 bits per heavy atom. The molecular weight excluding hydrogens is 352 g/mol. The fourth-order valence-electron chi connectivity index (χ4n) is 2.57. The van der Waals surface area contributed by atoms with Gasteiger partial charge in [-0.3, -0.25) is 9.59 Å². The lowest BCUT2D eigenvalue weighted by molar-refractivity contribution is 0.0946. The van der Waals surface area contributed by atoms with Gasteiger partial charge >= 0.3 is 0 Å². The van der Waals surface area contributed by atoms with Crippen LogP contribution in [0.3, 0.4) is 0 Å². The van der Waals surface area contributed by atoms with Crippen molar-refractivity contribution in [1.29, 1.82) is 0 Å². The van der Waals surface area contributed by atoms with Crippen LogP contribution in [-0.4, -0.2) is 25.0 Å². The van der Waals surface area contributed by atoms with Crippen LogP contribution in [0.4, 0.5) is 5.69 Å². The van der Waals surface area contributed by atoms with Gasteiger partial charge < -0.3 is 15.4 Å². The molecular formula is C23H22N2O3. The number of ether oxygens (including phenoxy) is 1. The summed E-state index contributed by atoms with van der Waals surface area (Å²) < 4.78 is 5.59. The largest absolute Gasteiger partial charge is 0.492 e. The van der Waals surface area contributed by atoms with E-state index in [9.17, 15) is 9.59 Å². The van der Waals surface area contributed by atoms with Gasteiger partial charge in [0.2, 0.25) is 0 Å². The molecule has 0 unspecified atom stereocenters. The molecule has 5 nitrogen and oxygen atoms in total. The van der Waals surface area contributed by atoms with E-state index in [1.54, 1.807) is 36.4 Å². The first-order chi connectivity index (χ1) is 13.6. The van der Waals surface area contributed by atoms with E-state index in [4.69, 9.17) is 4.74 Å². The molecule has 0 saturated heterocycles. The molecule has 0 spiro atoms. The maximum atomic E-state index is 12.2. The smallest absolute Gasteiger partial charge is 0.255 e. The summed E-state index contributed by atoms with van der Waals surface area (Å²) >= 11 is 0. The van der Waals surface area contributed by atoms with Crippen molar-refractivity contribution in [2.75, 3.05) is 18.5 Å². The van der Waals surface area contributed by atoms with Crippen LogP contribution in [0.25, 0.3) is 0 Å². The van der Waals surface area contributed by atoms with Crippen molar-refractivity contribution in [2.24, 2.45) is 0 Å². The summed E-state index contributed by atoms with van der Waals surface area (Å²) in [5, 5.41) is 5.62. The number of hydrogen-bond acceptors (Lipinski definition) is 3. The summed E-state index contributed by atoms with van der Waals surface area (Å²) in [4.78, 5) is 24.3. The predicted molar refractivity (Wildman–Crippen MR) is 110 cm³/mol. The summed E-state index contributed by atoms with van der Waals surface area (Å²) in [5.41, 5.74) is 2.91. The van der Waals surface area contributed by atoms with Crippen LogP contribution < -0.4 is 15.4 Å². The van der Waals surface area contributed by atoms with E-state index in [0.29, 0.717) is 30.0 Å². The molecule has 5 heteroatoms. The summed E-state index contributed by atoms with van der Waals surface area (Å²) in [6.07, 6.45) is 0. The Bertz CT molecular complexity index is 920. The third-order valence-electron chi connectivity index (χ3n) is 4.12. The zero-order valence-electron chi connectivity index (χ0n) is 15.6. The lowest BCUT2D eigenvalue weighted by Crippen LogP contribution is -2.28. The van der Waals surface area contributed by atoms with Crippen LogP contribution in [0.1, 0.15) is 26.3 Å². The van der Waals surface area contributed by atoms with Crippen LogP contribution in [0.5, 0.6) is 5.75 Å². The third kappa shape index (κ3) is 5.45. The highest BCUT2D eigenvalue weighted by Gasteiger charge is 2.08. The van der Waals surface area contributed by atoms with Crippen molar-refractivity contribution >= 4 is 17.5 Å². The maximum Gasteiger partial charge on any atom is 0.255 e. The standard InChI is InChI=1S/C23H22N2O3/c1-17-7-13-21(14-8-17)28-16-15-24-22(26)19-9-11-20(12-10-19)25-23(27)18-5-3-2-4-6-18/h2-14H,15-16H2,1H3,(H,24,26)(H,25,27). The second-order valence-electron chi connectivity index (χ2n) is 6.31. The van der Waals surface area contributed by atoms with Crippen LogP contribution in [0, 0.1) is 6.92 Å². The number of nitrogens with one attached hydrogen (secondary N) is 2. The van der Waals surface area contributed by atoms with Gasteiger partial charge in [0.25, 0.3) is 11.8 Å². The Morgan fingerprint density at radius 1 is 0.786 bits per heavy atom. The van der Waals surface area contributed by atoms with Crippen molar-refractivity contribution in [3.05, 3.63) is 95.6 Å². The minimum atomic E-state index is -0.189. The Morgan fingerprint density at radius 3 is 2.11 bits per heavy atom. The molecule has 0 bridgehead atoms. The minimum Gasteiger partial charge on any atom is -0.492 e. The van der Waals surface area contributed by atoms with Crippen molar-refractivity contribution < 1.29 is 14.3 Å². The minimum absolute atomic E-state index is 0.187. The zero-order valence-corrected chi connectivity index (χ0v) is 15.6. The van der Waals surface area contributed by atoms with E-state index in [0.717, 1.165) is 5.75 Å². The molecule has 3 aromatic carbocycles. The lowest BCUT2D eigenvalue weighted by atomic mass is 10.1. The van der Waals surface area contributed by atoms with Crippen LogP contribution in [-0.2, 0) is 0 Å². The molecule has 0 radical (unpaired) electrons. The van der Waals surface area contributed by atoms with Gasteiger partial charge in [-0.1, -0.05) is 35.9 Å². The first kappa shape index (κ1) is 19.2. The fraction of sp³-hybridized carbons (Fsp3) is 0.130. The van der Waals surface area contributed by atoms with Crippen LogP contribution in [0.2, 0.25) is 0 Å². The second-order valence-corrected chi connectivity index (χ2v) is 6.31. The third-order valence-corrected chi connectivity index (χ3v) is 4.12. The molecule has 3 rings (SSSR count). The Hall–Kier alpha value is -3.60. The van der Waals surface area contributed by atoms with Gasteiger partial charge in [0.05, 0.1) is 6.54 Å². The second kappa shape index (κ2) is 9.37. The lowest BCUT2D eigenvalue weighted by Gasteiger charge is -2.09. The monoisotopic (exact) mass is 374 g/mol. The van der Waals surface area contributed by atoms with Crippen molar-refractivity contribution in [1.82, 2.24) is 5.32 Å². The SMILES string of the molecule is Cc1ccc(OCCNC(=O)c2ccc(NC(=O)c3ccccc3)cc2)cc1. The number of aryl methyl sites for hydroxylation is 1. The average molecular weight is 374 g/mol. The van der Waals surface area contributed by atoms with Gasteiger partial charge in [-0.15, -0.1) is 0 Å². The summed E-state index contributed by atoms with van der Waals surface area (Å²) in [5.74, 6) is 0.401. The molecule has 0 aromatic heterocycles. The summed E-state index contributed by atoms with van der Waals surface area (Å²) in [6.45, 7) is 2.81. The number of amides is 2. The topological polar surface area (TPSA) is 67.4 Å². The van der Waals surface area contributed by atoms with E-state index in [2.05, 4.69) is 10.6 Å². The highest BCUT2D eigenvalue weighted by Crippen LogP contribution is 2.12. The molecule has 142 valence electrons. The molecule has 0 aliphatic heterocycles. The zero-order chi connectivity index (χ0) is 19.8. The molecule has 0 saturated carbocycles. The molecule has 0 atom stereocenters. The molecule has 0 fully saturated rings. The van der Waals surface area contributed by atoms with E-state index in [1.807, 2.05) is 49.4 Å². The molecule has 0 aliphatic carbocycles. The van der Waals surface area contributed by atoms with Gasteiger partial charge in [-0.2, -0.15) is 0 Å². The van der Waals surface area contributed by atoms with Crippen molar-refractivity contribution in [3.63, 3.8) is 0 Å². The number of carbonyl (C=O) groups is 2. The Kier molecular flexibility index (Phi) is 6.41. The molecule has 2 N–H and O–H groups in total. The predicted octanol–water partition coefficient (Wildman–Crippen LogP) is 4.06. The Balaban J connectivity index is 1.45. The number of benzene rings is 3. The van der Waals surface area contributed by atoms with Crippen LogP contribution in [0.15, 0.2) is 78.9 Å².